The molecule has 2 fully saturated rings. The fourth-order valence-corrected chi connectivity index (χ4v) is 2.83. The summed E-state index contributed by atoms with van der Waals surface area (Å²) in [7, 11) is 0. The zero-order valence-corrected chi connectivity index (χ0v) is 12.6. The first-order valence-electron chi connectivity index (χ1n) is 7.66. The van der Waals surface area contributed by atoms with E-state index in [9.17, 15) is 9.59 Å². The van der Waals surface area contributed by atoms with Gasteiger partial charge < -0.3 is 15.4 Å². The maximum absolute atomic E-state index is 12.4. The van der Waals surface area contributed by atoms with Gasteiger partial charge in [0.2, 0.25) is 11.8 Å². The van der Waals surface area contributed by atoms with Crippen LogP contribution in [0.3, 0.4) is 0 Å². The number of ether oxygens (including phenoxy) is 1. The van der Waals surface area contributed by atoms with Crippen LogP contribution in [-0.2, 0) is 14.3 Å². The van der Waals surface area contributed by atoms with Crippen molar-refractivity contribution in [2.45, 2.75) is 52.1 Å². The zero-order chi connectivity index (χ0) is 14.8. The van der Waals surface area contributed by atoms with Crippen molar-refractivity contribution in [3.05, 3.63) is 0 Å². The van der Waals surface area contributed by atoms with E-state index in [4.69, 9.17) is 10.5 Å². The van der Waals surface area contributed by atoms with E-state index in [-0.39, 0.29) is 12.0 Å². The SMILES string of the molecule is CC(C)CCC[C@H]1CN(C(=O)C2(C(N)=O)CC2)CCO1. The fourth-order valence-electron chi connectivity index (χ4n) is 2.83. The number of rotatable bonds is 6. The molecule has 1 aliphatic heterocycles. The standard InChI is InChI=1S/C15H26N2O3/c1-11(2)4-3-5-12-10-17(8-9-20-12)14(19)15(6-7-15)13(16)18/h11-12H,3-10H2,1-2H3,(H2,16,18)/t12-/m0/s1. The molecule has 1 saturated heterocycles. The third-order valence-corrected chi connectivity index (χ3v) is 4.36. The third kappa shape index (κ3) is 3.32. The maximum Gasteiger partial charge on any atom is 0.238 e. The molecule has 1 aliphatic carbocycles. The van der Waals surface area contributed by atoms with Gasteiger partial charge in [-0.1, -0.05) is 26.7 Å². The lowest BCUT2D eigenvalue weighted by molar-refractivity contribution is -0.149. The first-order valence-corrected chi connectivity index (χ1v) is 7.66. The summed E-state index contributed by atoms with van der Waals surface area (Å²) in [5.41, 5.74) is 4.48. The largest absolute Gasteiger partial charge is 0.375 e. The van der Waals surface area contributed by atoms with Crippen LogP contribution in [0.1, 0.15) is 46.0 Å². The molecule has 0 unspecified atom stereocenters. The van der Waals surface area contributed by atoms with Crippen molar-refractivity contribution in [1.29, 1.82) is 0 Å². The normalized spacial score (nSPS) is 24.8. The molecule has 2 aliphatic rings. The number of hydrogen-bond acceptors (Lipinski definition) is 3. The van der Waals surface area contributed by atoms with Crippen LogP contribution in [0.15, 0.2) is 0 Å². The Morgan fingerprint density at radius 1 is 1.40 bits per heavy atom. The predicted molar refractivity (Wildman–Crippen MR) is 75.9 cm³/mol. The molecule has 1 saturated carbocycles. The van der Waals surface area contributed by atoms with E-state index in [0.29, 0.717) is 38.5 Å². The van der Waals surface area contributed by atoms with E-state index in [2.05, 4.69) is 13.8 Å². The highest BCUT2D eigenvalue weighted by atomic mass is 16.5. The van der Waals surface area contributed by atoms with Crippen molar-refractivity contribution in [3.63, 3.8) is 0 Å². The van der Waals surface area contributed by atoms with Crippen LogP contribution in [0, 0.1) is 11.3 Å². The molecular formula is C15H26N2O3. The number of nitrogens with zero attached hydrogens (tertiary/aromatic N) is 1. The highest BCUT2D eigenvalue weighted by Crippen LogP contribution is 2.47. The average molecular weight is 282 g/mol. The van der Waals surface area contributed by atoms with Crippen molar-refractivity contribution < 1.29 is 14.3 Å². The first-order chi connectivity index (χ1) is 9.45. The molecule has 1 atom stereocenters. The Bertz CT molecular complexity index is 377. The molecule has 2 rings (SSSR count). The average Bonchev–Trinajstić information content (AvgIpc) is 3.19. The van der Waals surface area contributed by atoms with E-state index in [1.165, 1.54) is 6.42 Å². The molecule has 0 bridgehead atoms. The van der Waals surface area contributed by atoms with E-state index in [1.54, 1.807) is 4.90 Å². The first kappa shape index (κ1) is 15.3. The van der Waals surface area contributed by atoms with Gasteiger partial charge in [0, 0.05) is 13.1 Å². The van der Waals surface area contributed by atoms with Crippen molar-refractivity contribution in [3.8, 4) is 0 Å². The smallest absolute Gasteiger partial charge is 0.238 e. The number of carbonyl (C=O) groups is 2. The van der Waals surface area contributed by atoms with Crippen LogP contribution in [0.25, 0.3) is 0 Å². The predicted octanol–water partition coefficient (Wildman–Crippen LogP) is 1.31. The van der Waals surface area contributed by atoms with Crippen LogP contribution in [0.2, 0.25) is 0 Å². The summed E-state index contributed by atoms with van der Waals surface area (Å²) < 4.78 is 5.72. The summed E-state index contributed by atoms with van der Waals surface area (Å²) >= 11 is 0. The Labute approximate surface area is 120 Å². The van der Waals surface area contributed by atoms with E-state index in [1.807, 2.05) is 0 Å². The highest BCUT2D eigenvalue weighted by molar-refractivity contribution is 6.07. The van der Waals surface area contributed by atoms with Crippen molar-refractivity contribution in [2.24, 2.45) is 17.1 Å². The van der Waals surface area contributed by atoms with Crippen molar-refractivity contribution in [2.75, 3.05) is 19.7 Å². The van der Waals surface area contributed by atoms with E-state index < -0.39 is 11.3 Å². The van der Waals surface area contributed by atoms with Gasteiger partial charge in [0.1, 0.15) is 5.41 Å². The Hall–Kier alpha value is -1.10. The highest BCUT2D eigenvalue weighted by Gasteiger charge is 2.57. The zero-order valence-electron chi connectivity index (χ0n) is 12.6. The lowest BCUT2D eigenvalue weighted by Gasteiger charge is -2.34. The summed E-state index contributed by atoms with van der Waals surface area (Å²) in [4.78, 5) is 25.6. The fraction of sp³-hybridized carbons (Fsp3) is 0.867. The molecule has 5 nitrogen and oxygen atoms in total. The van der Waals surface area contributed by atoms with E-state index >= 15 is 0 Å². The van der Waals surface area contributed by atoms with E-state index in [0.717, 1.165) is 12.8 Å². The van der Waals surface area contributed by atoms with Crippen LogP contribution in [-0.4, -0.2) is 42.5 Å². The summed E-state index contributed by atoms with van der Waals surface area (Å²) in [6.07, 6.45) is 4.60. The number of primary amides is 1. The van der Waals surface area contributed by atoms with Gasteiger partial charge in [-0.3, -0.25) is 9.59 Å². The summed E-state index contributed by atoms with van der Waals surface area (Å²) in [6, 6.07) is 0. The Kier molecular flexibility index (Phi) is 4.68. The molecule has 114 valence electrons. The maximum atomic E-state index is 12.4. The van der Waals surface area contributed by atoms with Gasteiger partial charge in [0.15, 0.2) is 0 Å². The molecule has 0 spiro atoms. The second kappa shape index (κ2) is 6.12. The molecule has 0 aromatic rings. The second-order valence-electron chi connectivity index (χ2n) is 6.52. The lowest BCUT2D eigenvalue weighted by atomic mass is 10.0. The Morgan fingerprint density at radius 3 is 2.65 bits per heavy atom. The molecule has 1 heterocycles. The quantitative estimate of drug-likeness (QED) is 0.746. The summed E-state index contributed by atoms with van der Waals surface area (Å²) in [6.45, 7) is 6.16. The third-order valence-electron chi connectivity index (χ3n) is 4.36. The minimum absolute atomic E-state index is 0.0813. The monoisotopic (exact) mass is 282 g/mol. The number of hydrogen-bond donors (Lipinski definition) is 1. The molecule has 0 aromatic carbocycles. The summed E-state index contributed by atoms with van der Waals surface area (Å²) in [5, 5.41) is 0. The number of nitrogens with two attached hydrogens (primary N) is 1. The summed E-state index contributed by atoms with van der Waals surface area (Å²) in [5.74, 6) is 0.147. The molecule has 20 heavy (non-hydrogen) atoms. The minimum Gasteiger partial charge on any atom is -0.375 e. The van der Waals surface area contributed by atoms with Crippen molar-refractivity contribution >= 4 is 11.8 Å². The van der Waals surface area contributed by atoms with Crippen LogP contribution in [0.5, 0.6) is 0 Å². The Balaban J connectivity index is 1.84. The second-order valence-corrected chi connectivity index (χ2v) is 6.52. The molecule has 2 N–H and O–H groups in total. The minimum atomic E-state index is -0.889. The van der Waals surface area contributed by atoms with Crippen LogP contribution in [0.4, 0.5) is 0 Å². The number of carbonyl (C=O) groups excluding carboxylic acids is 2. The number of morpholine rings is 1. The number of amides is 2. The molecule has 5 heteroatoms. The van der Waals surface area contributed by atoms with Gasteiger partial charge in [-0.25, -0.2) is 0 Å². The van der Waals surface area contributed by atoms with Gasteiger partial charge in [-0.2, -0.15) is 0 Å². The molecule has 0 aromatic heterocycles. The van der Waals surface area contributed by atoms with Gasteiger partial charge in [-0.05, 0) is 25.2 Å². The Morgan fingerprint density at radius 2 is 2.10 bits per heavy atom. The topological polar surface area (TPSA) is 72.6 Å². The molecule has 2 amide bonds. The lowest BCUT2D eigenvalue weighted by Crippen LogP contribution is -2.50. The molecular weight excluding hydrogens is 256 g/mol. The van der Waals surface area contributed by atoms with Crippen LogP contribution < -0.4 is 5.73 Å². The van der Waals surface area contributed by atoms with Gasteiger partial charge >= 0.3 is 0 Å². The van der Waals surface area contributed by atoms with Crippen molar-refractivity contribution in [1.82, 2.24) is 4.90 Å². The van der Waals surface area contributed by atoms with Gasteiger partial charge in [0.25, 0.3) is 0 Å². The van der Waals surface area contributed by atoms with Crippen LogP contribution >= 0.6 is 0 Å². The molecule has 0 radical (unpaired) electrons. The van der Waals surface area contributed by atoms with Gasteiger partial charge in [0.05, 0.1) is 12.7 Å². The van der Waals surface area contributed by atoms with Gasteiger partial charge in [-0.15, -0.1) is 0 Å².